The van der Waals surface area contributed by atoms with Crippen LogP contribution in [-0.4, -0.2) is 29.9 Å². The van der Waals surface area contributed by atoms with Crippen LogP contribution in [0.25, 0.3) is 11.6 Å². The molecule has 1 aliphatic heterocycles. The first-order valence-corrected chi connectivity index (χ1v) is 9.38. The van der Waals surface area contributed by atoms with Crippen LogP contribution in [0.1, 0.15) is 21.6 Å². The minimum Gasteiger partial charge on any atom is -0.497 e. The molecule has 0 saturated heterocycles. The fraction of sp³-hybridized carbons (Fsp3) is 0.0435. The summed E-state index contributed by atoms with van der Waals surface area (Å²) in [5.74, 6) is -0.190. The van der Waals surface area contributed by atoms with Gasteiger partial charge in [-0.3, -0.25) is 19.9 Å². The van der Waals surface area contributed by atoms with Crippen LogP contribution in [0.5, 0.6) is 5.75 Å². The first-order chi connectivity index (χ1) is 15.0. The highest BCUT2D eigenvalue weighted by atomic mass is 16.5. The van der Waals surface area contributed by atoms with Gasteiger partial charge in [-0.15, -0.1) is 0 Å². The molecule has 2 aromatic carbocycles. The number of carbonyl (C=O) groups is 3. The third-order valence-electron chi connectivity index (χ3n) is 4.62. The topological polar surface area (TPSA) is 109 Å². The van der Waals surface area contributed by atoms with Crippen LogP contribution in [0.15, 0.2) is 66.9 Å². The summed E-state index contributed by atoms with van der Waals surface area (Å²) in [6, 6.07) is 16.1. The number of carbonyl (C=O) groups excluding carboxylic acids is 3. The summed E-state index contributed by atoms with van der Waals surface area (Å²) in [4.78, 5) is 41.0. The van der Waals surface area contributed by atoms with E-state index in [1.165, 1.54) is 7.11 Å². The SMILES string of the molecule is COc1ccc(C(=O)NC(=O)Nc2ccc3c(c2)NC(=O)/C3=C\c2ccccn2)cc1. The number of hydrogen-bond acceptors (Lipinski definition) is 5. The van der Waals surface area contributed by atoms with E-state index in [9.17, 15) is 14.4 Å². The van der Waals surface area contributed by atoms with Gasteiger partial charge in [0.1, 0.15) is 5.75 Å². The van der Waals surface area contributed by atoms with Crippen molar-refractivity contribution in [2.75, 3.05) is 17.7 Å². The maximum Gasteiger partial charge on any atom is 0.326 e. The highest BCUT2D eigenvalue weighted by Crippen LogP contribution is 2.34. The Morgan fingerprint density at radius 2 is 1.87 bits per heavy atom. The second-order valence-electron chi connectivity index (χ2n) is 6.66. The van der Waals surface area contributed by atoms with Crippen molar-refractivity contribution in [3.8, 4) is 5.75 Å². The Morgan fingerprint density at radius 3 is 2.58 bits per heavy atom. The zero-order valence-corrected chi connectivity index (χ0v) is 16.5. The van der Waals surface area contributed by atoms with E-state index >= 15 is 0 Å². The van der Waals surface area contributed by atoms with Gasteiger partial charge in [-0.2, -0.15) is 0 Å². The maximum absolute atomic E-state index is 12.4. The molecule has 8 heteroatoms. The Labute approximate surface area is 178 Å². The first-order valence-electron chi connectivity index (χ1n) is 9.38. The van der Waals surface area contributed by atoms with Gasteiger partial charge in [0.2, 0.25) is 0 Å². The molecule has 2 heterocycles. The van der Waals surface area contributed by atoms with Gasteiger partial charge < -0.3 is 15.4 Å². The molecular weight excluding hydrogens is 396 g/mol. The number of anilines is 2. The molecule has 4 rings (SSSR count). The Balaban J connectivity index is 1.45. The quantitative estimate of drug-likeness (QED) is 0.566. The predicted molar refractivity (Wildman–Crippen MR) is 117 cm³/mol. The van der Waals surface area contributed by atoms with Crippen LogP contribution in [0, 0.1) is 0 Å². The zero-order chi connectivity index (χ0) is 21.8. The Bertz CT molecular complexity index is 1190. The number of urea groups is 1. The van der Waals surface area contributed by atoms with Gasteiger partial charge in [-0.05, 0) is 54.6 Å². The number of hydrogen-bond donors (Lipinski definition) is 3. The van der Waals surface area contributed by atoms with E-state index in [1.807, 2.05) is 6.07 Å². The summed E-state index contributed by atoms with van der Waals surface area (Å²) in [6.07, 6.45) is 3.35. The first kappa shape index (κ1) is 19.8. The van der Waals surface area contributed by atoms with E-state index in [1.54, 1.807) is 66.9 Å². The van der Waals surface area contributed by atoms with Crippen LogP contribution in [0.4, 0.5) is 16.2 Å². The van der Waals surface area contributed by atoms with Crippen LogP contribution in [0.2, 0.25) is 0 Å². The Kier molecular flexibility index (Phi) is 5.44. The lowest BCUT2D eigenvalue weighted by molar-refractivity contribution is -0.110. The van der Waals surface area contributed by atoms with E-state index in [0.29, 0.717) is 39.5 Å². The molecule has 0 atom stereocenters. The predicted octanol–water partition coefficient (Wildman–Crippen LogP) is 3.54. The largest absolute Gasteiger partial charge is 0.497 e. The number of fused-ring (bicyclic) bond motifs is 1. The fourth-order valence-electron chi connectivity index (χ4n) is 3.10. The molecule has 0 aliphatic carbocycles. The van der Waals surface area contributed by atoms with E-state index in [-0.39, 0.29) is 5.91 Å². The molecule has 8 nitrogen and oxygen atoms in total. The number of amides is 4. The smallest absolute Gasteiger partial charge is 0.326 e. The number of nitrogens with zero attached hydrogens (tertiary/aromatic N) is 1. The second-order valence-corrected chi connectivity index (χ2v) is 6.66. The zero-order valence-electron chi connectivity index (χ0n) is 16.5. The summed E-state index contributed by atoms with van der Waals surface area (Å²) in [7, 11) is 1.53. The van der Waals surface area contributed by atoms with Crippen molar-refractivity contribution in [1.29, 1.82) is 0 Å². The van der Waals surface area contributed by atoms with Crippen LogP contribution >= 0.6 is 0 Å². The molecular formula is C23H18N4O4. The normalized spacial score (nSPS) is 13.3. The van der Waals surface area contributed by atoms with Crippen molar-refractivity contribution >= 4 is 40.9 Å². The summed E-state index contributed by atoms with van der Waals surface area (Å²) in [5, 5.41) is 7.63. The minimum absolute atomic E-state index is 0.253. The molecule has 0 bridgehead atoms. The monoisotopic (exact) mass is 414 g/mol. The van der Waals surface area contributed by atoms with Crippen molar-refractivity contribution in [2.24, 2.45) is 0 Å². The van der Waals surface area contributed by atoms with Crippen LogP contribution < -0.4 is 20.7 Å². The van der Waals surface area contributed by atoms with Gasteiger partial charge in [-0.25, -0.2) is 4.79 Å². The minimum atomic E-state index is -0.686. The molecule has 4 amide bonds. The van der Waals surface area contributed by atoms with Crippen molar-refractivity contribution in [3.05, 3.63) is 83.7 Å². The second kappa shape index (κ2) is 8.50. The van der Waals surface area contributed by atoms with Gasteiger partial charge in [-0.1, -0.05) is 12.1 Å². The fourth-order valence-corrected chi connectivity index (χ4v) is 3.10. The lowest BCUT2D eigenvalue weighted by Gasteiger charge is -2.08. The molecule has 1 aliphatic rings. The highest BCUT2D eigenvalue weighted by molar-refractivity contribution is 6.35. The van der Waals surface area contributed by atoms with E-state index in [4.69, 9.17) is 4.74 Å². The van der Waals surface area contributed by atoms with Crippen molar-refractivity contribution in [2.45, 2.75) is 0 Å². The van der Waals surface area contributed by atoms with Gasteiger partial charge >= 0.3 is 6.03 Å². The third-order valence-corrected chi connectivity index (χ3v) is 4.62. The van der Waals surface area contributed by atoms with Crippen LogP contribution in [-0.2, 0) is 4.79 Å². The van der Waals surface area contributed by atoms with Gasteiger partial charge in [0.25, 0.3) is 11.8 Å². The van der Waals surface area contributed by atoms with E-state index < -0.39 is 11.9 Å². The van der Waals surface area contributed by atoms with Crippen molar-refractivity contribution in [1.82, 2.24) is 10.3 Å². The summed E-state index contributed by atoms with van der Waals surface area (Å²) >= 11 is 0. The molecule has 0 unspecified atom stereocenters. The third kappa shape index (κ3) is 4.43. The molecule has 0 radical (unpaired) electrons. The maximum atomic E-state index is 12.4. The number of aromatic nitrogens is 1. The van der Waals surface area contributed by atoms with Gasteiger partial charge in [0, 0.05) is 23.0 Å². The number of nitrogens with one attached hydrogen (secondary N) is 3. The summed E-state index contributed by atoms with van der Waals surface area (Å²) < 4.78 is 5.05. The molecule has 0 fully saturated rings. The average Bonchev–Trinajstić information content (AvgIpc) is 3.08. The standard InChI is InChI=1S/C23H18N4O4/c1-31-17-8-5-14(6-9-17)21(28)27-23(30)25-16-7-10-18-19(22(29)26-20(18)13-16)12-15-4-2-3-11-24-15/h2-13H,1H3,(H,26,29)(H2,25,27,28,30)/b19-12-. The number of ether oxygens (including phenoxy) is 1. The van der Waals surface area contributed by atoms with Crippen molar-refractivity contribution < 1.29 is 19.1 Å². The summed E-state index contributed by atoms with van der Waals surface area (Å²) in [5.41, 5.74) is 3.17. The molecule has 0 saturated carbocycles. The lowest BCUT2D eigenvalue weighted by Crippen LogP contribution is -2.34. The van der Waals surface area contributed by atoms with Gasteiger partial charge in [0.15, 0.2) is 0 Å². The molecule has 31 heavy (non-hydrogen) atoms. The summed E-state index contributed by atoms with van der Waals surface area (Å²) in [6.45, 7) is 0. The Morgan fingerprint density at radius 1 is 1.06 bits per heavy atom. The molecule has 0 spiro atoms. The van der Waals surface area contributed by atoms with Gasteiger partial charge in [0.05, 0.1) is 24.1 Å². The van der Waals surface area contributed by atoms with E-state index in [0.717, 1.165) is 0 Å². The number of benzene rings is 2. The molecule has 1 aromatic heterocycles. The number of rotatable bonds is 4. The average molecular weight is 414 g/mol. The van der Waals surface area contributed by atoms with E-state index in [2.05, 4.69) is 20.9 Å². The van der Waals surface area contributed by atoms with Crippen LogP contribution in [0.3, 0.4) is 0 Å². The molecule has 3 N–H and O–H groups in total. The molecule has 3 aromatic rings. The highest BCUT2D eigenvalue weighted by Gasteiger charge is 2.24. The number of pyridine rings is 1. The van der Waals surface area contributed by atoms with Crippen molar-refractivity contribution in [3.63, 3.8) is 0 Å². The lowest BCUT2D eigenvalue weighted by atomic mass is 10.1. The Hall–Kier alpha value is -4.46. The number of imide groups is 1. The number of methoxy groups -OCH3 is 1. The molecule has 154 valence electrons.